The predicted octanol–water partition coefficient (Wildman–Crippen LogP) is 2.71. The molecule has 0 aliphatic heterocycles. The molecule has 1 heterocycles. The Bertz CT molecular complexity index is 572. The first-order valence-electron chi connectivity index (χ1n) is 5.36. The van der Waals surface area contributed by atoms with Crippen LogP contribution in [0.3, 0.4) is 0 Å². The fourth-order valence-electron chi connectivity index (χ4n) is 1.59. The van der Waals surface area contributed by atoms with Crippen LogP contribution < -0.4 is 5.32 Å². The molecule has 0 saturated heterocycles. The molecule has 0 aliphatic carbocycles. The quantitative estimate of drug-likeness (QED) is 0.875. The lowest BCUT2D eigenvalue weighted by molar-refractivity contribution is -0.140. The summed E-state index contributed by atoms with van der Waals surface area (Å²) < 4.78 is 13.0. The highest BCUT2D eigenvalue weighted by Gasteiger charge is 2.14. The number of rotatable bonds is 4. The van der Waals surface area contributed by atoms with E-state index in [-0.39, 0.29) is 18.4 Å². The van der Waals surface area contributed by atoms with Crippen molar-refractivity contribution in [3.63, 3.8) is 0 Å². The number of hydrogen-bond acceptors (Lipinski definition) is 6. The van der Waals surface area contributed by atoms with E-state index < -0.39 is 0 Å². The topological polar surface area (TPSA) is 64.1 Å². The van der Waals surface area contributed by atoms with Crippen LogP contribution in [-0.2, 0) is 9.53 Å². The van der Waals surface area contributed by atoms with Gasteiger partial charge in [0.25, 0.3) is 0 Å². The number of carbonyl (C=O) groups is 1. The van der Waals surface area contributed by atoms with Crippen LogP contribution in [0.1, 0.15) is 13.3 Å². The molecule has 5 nitrogen and oxygen atoms in total. The maximum atomic E-state index is 11.2. The lowest BCUT2D eigenvalue weighted by Gasteiger charge is -2.15. The van der Waals surface area contributed by atoms with E-state index in [9.17, 15) is 4.79 Å². The van der Waals surface area contributed by atoms with Gasteiger partial charge in [-0.2, -0.15) is 8.75 Å². The minimum atomic E-state index is -0.269. The van der Waals surface area contributed by atoms with Crippen LogP contribution in [0.4, 0.5) is 5.69 Å². The number of nitrogens with zero attached hydrogens (tertiary/aromatic N) is 2. The van der Waals surface area contributed by atoms with Crippen molar-refractivity contribution >= 4 is 46.0 Å². The van der Waals surface area contributed by atoms with Crippen LogP contribution in [0.5, 0.6) is 0 Å². The monoisotopic (exact) mass is 285 g/mol. The number of hydrogen-bond donors (Lipinski definition) is 1. The maximum absolute atomic E-state index is 11.2. The average Bonchev–Trinajstić information content (AvgIpc) is 2.81. The van der Waals surface area contributed by atoms with Crippen molar-refractivity contribution in [3.05, 3.63) is 17.2 Å². The highest BCUT2D eigenvalue weighted by Crippen LogP contribution is 2.30. The number of ether oxygens (including phenoxy) is 1. The van der Waals surface area contributed by atoms with Crippen molar-refractivity contribution < 1.29 is 9.53 Å². The SMILES string of the molecule is COC(=O)CC(C)Nc1c(Cl)ccc2nsnc12. The van der Waals surface area contributed by atoms with Gasteiger partial charge in [-0.3, -0.25) is 4.79 Å². The predicted molar refractivity (Wildman–Crippen MR) is 72.1 cm³/mol. The van der Waals surface area contributed by atoms with E-state index in [1.807, 2.05) is 13.0 Å². The molecule has 1 atom stereocenters. The van der Waals surface area contributed by atoms with E-state index in [2.05, 4.69) is 18.8 Å². The number of carbonyl (C=O) groups excluding carboxylic acids is 1. The molecule has 18 heavy (non-hydrogen) atoms. The Morgan fingerprint density at radius 2 is 2.33 bits per heavy atom. The Morgan fingerprint density at radius 3 is 3.06 bits per heavy atom. The second kappa shape index (κ2) is 5.49. The van der Waals surface area contributed by atoms with Crippen molar-refractivity contribution in [2.45, 2.75) is 19.4 Å². The van der Waals surface area contributed by atoms with Gasteiger partial charge in [0.05, 0.1) is 36.0 Å². The summed E-state index contributed by atoms with van der Waals surface area (Å²) >= 11 is 7.26. The molecule has 0 amide bonds. The first-order chi connectivity index (χ1) is 8.61. The van der Waals surface area contributed by atoms with Gasteiger partial charge in [-0.25, -0.2) is 0 Å². The average molecular weight is 286 g/mol. The summed E-state index contributed by atoms with van der Waals surface area (Å²) in [6.45, 7) is 1.88. The third-order valence-corrected chi connectivity index (χ3v) is 3.33. The van der Waals surface area contributed by atoms with E-state index in [1.165, 1.54) is 7.11 Å². The van der Waals surface area contributed by atoms with E-state index in [4.69, 9.17) is 11.6 Å². The van der Waals surface area contributed by atoms with Crippen LogP contribution in [0.2, 0.25) is 5.02 Å². The normalized spacial score (nSPS) is 12.4. The van der Waals surface area contributed by atoms with Gasteiger partial charge < -0.3 is 10.1 Å². The summed E-state index contributed by atoms with van der Waals surface area (Å²) in [5.74, 6) is -0.269. The van der Waals surface area contributed by atoms with Crippen molar-refractivity contribution in [1.82, 2.24) is 8.75 Å². The molecule has 1 aromatic heterocycles. The molecule has 0 spiro atoms. The molecule has 96 valence electrons. The first kappa shape index (κ1) is 13.0. The number of fused-ring (bicyclic) bond motifs is 1. The zero-order valence-corrected chi connectivity index (χ0v) is 11.5. The number of benzene rings is 1. The third kappa shape index (κ3) is 2.70. The van der Waals surface area contributed by atoms with Gasteiger partial charge in [0, 0.05) is 6.04 Å². The van der Waals surface area contributed by atoms with Gasteiger partial charge in [-0.05, 0) is 19.1 Å². The third-order valence-electron chi connectivity index (χ3n) is 2.47. The lowest BCUT2D eigenvalue weighted by atomic mass is 10.2. The highest BCUT2D eigenvalue weighted by atomic mass is 35.5. The number of anilines is 1. The molecule has 0 saturated carbocycles. The summed E-state index contributed by atoms with van der Waals surface area (Å²) in [5, 5.41) is 3.74. The number of nitrogens with one attached hydrogen (secondary N) is 1. The Balaban J connectivity index is 2.22. The zero-order chi connectivity index (χ0) is 13.1. The van der Waals surface area contributed by atoms with E-state index >= 15 is 0 Å². The van der Waals surface area contributed by atoms with Crippen molar-refractivity contribution in [3.8, 4) is 0 Å². The van der Waals surface area contributed by atoms with Gasteiger partial charge >= 0.3 is 5.97 Å². The van der Waals surface area contributed by atoms with Crippen LogP contribution in [-0.4, -0.2) is 27.9 Å². The fraction of sp³-hybridized carbons (Fsp3) is 0.364. The molecule has 2 rings (SSSR count). The first-order valence-corrected chi connectivity index (χ1v) is 6.46. The summed E-state index contributed by atoms with van der Waals surface area (Å²) in [5.41, 5.74) is 2.22. The molecular formula is C11H12ClN3O2S. The molecule has 0 fully saturated rings. The Labute approximate surface area is 113 Å². The summed E-state index contributed by atoms with van der Waals surface area (Å²) in [7, 11) is 1.37. The second-order valence-electron chi connectivity index (χ2n) is 3.88. The summed E-state index contributed by atoms with van der Waals surface area (Å²) in [6, 6.07) is 3.48. The van der Waals surface area contributed by atoms with Gasteiger partial charge in [-0.15, -0.1) is 0 Å². The fourth-order valence-corrected chi connectivity index (χ4v) is 2.34. The Kier molecular flexibility index (Phi) is 3.98. The van der Waals surface area contributed by atoms with Gasteiger partial charge in [-0.1, -0.05) is 11.6 Å². The van der Waals surface area contributed by atoms with Crippen molar-refractivity contribution in [2.24, 2.45) is 0 Å². The second-order valence-corrected chi connectivity index (χ2v) is 4.82. The van der Waals surface area contributed by atoms with Gasteiger partial charge in [0.1, 0.15) is 11.0 Å². The molecule has 0 radical (unpaired) electrons. The number of esters is 1. The van der Waals surface area contributed by atoms with Crippen molar-refractivity contribution in [1.29, 1.82) is 0 Å². The van der Waals surface area contributed by atoms with Crippen molar-refractivity contribution in [2.75, 3.05) is 12.4 Å². The standard InChI is InChI=1S/C11H12ClN3O2S/c1-6(5-9(16)17-2)13-10-7(12)3-4-8-11(10)15-18-14-8/h3-4,6,13H,5H2,1-2H3. The largest absolute Gasteiger partial charge is 0.469 e. The smallest absolute Gasteiger partial charge is 0.307 e. The van der Waals surface area contributed by atoms with E-state index in [0.29, 0.717) is 10.7 Å². The number of methoxy groups -OCH3 is 1. The molecule has 0 aliphatic rings. The number of aromatic nitrogens is 2. The van der Waals surface area contributed by atoms with Crippen LogP contribution in [0, 0.1) is 0 Å². The Morgan fingerprint density at radius 1 is 1.56 bits per heavy atom. The van der Waals surface area contributed by atoms with Gasteiger partial charge in [0.15, 0.2) is 0 Å². The van der Waals surface area contributed by atoms with E-state index in [1.54, 1.807) is 6.07 Å². The summed E-state index contributed by atoms with van der Waals surface area (Å²) in [6.07, 6.45) is 0.265. The van der Waals surface area contributed by atoms with Gasteiger partial charge in [0.2, 0.25) is 0 Å². The zero-order valence-electron chi connectivity index (χ0n) is 9.94. The molecule has 7 heteroatoms. The van der Waals surface area contributed by atoms with Crippen LogP contribution >= 0.6 is 23.3 Å². The molecule has 1 N–H and O–H groups in total. The molecule has 1 aromatic carbocycles. The Hall–Kier alpha value is -1.40. The summed E-state index contributed by atoms with van der Waals surface area (Å²) in [4.78, 5) is 11.2. The lowest BCUT2D eigenvalue weighted by Crippen LogP contribution is -2.20. The van der Waals surface area contributed by atoms with Crippen LogP contribution in [0.25, 0.3) is 11.0 Å². The highest BCUT2D eigenvalue weighted by molar-refractivity contribution is 7.00. The molecule has 0 bridgehead atoms. The maximum Gasteiger partial charge on any atom is 0.307 e. The van der Waals surface area contributed by atoms with Crippen LogP contribution in [0.15, 0.2) is 12.1 Å². The molecule has 1 unspecified atom stereocenters. The minimum absolute atomic E-state index is 0.0951. The molecule has 2 aromatic rings. The minimum Gasteiger partial charge on any atom is -0.469 e. The molecular weight excluding hydrogens is 274 g/mol. The number of halogens is 1. The van der Waals surface area contributed by atoms with E-state index in [0.717, 1.165) is 22.8 Å².